The Morgan fingerprint density at radius 2 is 2.08 bits per heavy atom. The van der Waals surface area contributed by atoms with Crippen LogP contribution in [0.15, 0.2) is 42.5 Å². The highest BCUT2D eigenvalue weighted by atomic mass is 35.5. The van der Waals surface area contributed by atoms with Gasteiger partial charge in [-0.1, -0.05) is 17.7 Å². The second kappa shape index (κ2) is 8.52. The van der Waals surface area contributed by atoms with Gasteiger partial charge in [0.15, 0.2) is 0 Å². The molecule has 1 N–H and O–H groups in total. The Morgan fingerprint density at radius 3 is 2.73 bits per heavy atom. The van der Waals surface area contributed by atoms with Crippen molar-refractivity contribution < 1.29 is 13.9 Å². The van der Waals surface area contributed by atoms with E-state index >= 15 is 0 Å². The average molecular weight is 377 g/mol. The Morgan fingerprint density at radius 1 is 1.31 bits per heavy atom. The van der Waals surface area contributed by atoms with Gasteiger partial charge in [-0.05, 0) is 54.8 Å². The minimum absolute atomic E-state index is 0.0908. The highest BCUT2D eigenvalue weighted by Crippen LogP contribution is 2.23. The molecule has 1 atom stereocenters. The Bertz CT molecular complexity index is 767. The second-order valence-corrected chi connectivity index (χ2v) is 6.84. The first kappa shape index (κ1) is 18.7. The molecule has 0 spiro atoms. The van der Waals surface area contributed by atoms with Gasteiger partial charge in [-0.3, -0.25) is 4.79 Å². The zero-order valence-corrected chi connectivity index (χ0v) is 15.4. The van der Waals surface area contributed by atoms with E-state index in [2.05, 4.69) is 10.2 Å². The van der Waals surface area contributed by atoms with Crippen LogP contribution in [-0.2, 0) is 16.0 Å². The molecular formula is C20H22ClFN2O2. The number of hydrogen-bond donors (Lipinski definition) is 1. The lowest BCUT2D eigenvalue weighted by atomic mass is 10.1. The predicted molar refractivity (Wildman–Crippen MR) is 102 cm³/mol. The van der Waals surface area contributed by atoms with Crippen molar-refractivity contribution in [1.82, 2.24) is 0 Å². The van der Waals surface area contributed by atoms with Crippen molar-refractivity contribution in [2.75, 3.05) is 30.4 Å². The fourth-order valence-corrected chi connectivity index (χ4v) is 3.20. The summed E-state index contributed by atoms with van der Waals surface area (Å²) in [5, 5.41) is 2.96. The second-order valence-electron chi connectivity index (χ2n) is 6.44. The van der Waals surface area contributed by atoms with Gasteiger partial charge >= 0.3 is 0 Å². The van der Waals surface area contributed by atoms with Crippen LogP contribution in [0.1, 0.15) is 18.4 Å². The molecule has 6 heteroatoms. The average Bonchev–Trinajstić information content (AvgIpc) is 3.12. The largest absolute Gasteiger partial charge is 0.380 e. The van der Waals surface area contributed by atoms with E-state index in [-0.39, 0.29) is 23.5 Å². The van der Waals surface area contributed by atoms with Gasteiger partial charge in [0.2, 0.25) is 5.91 Å². The van der Waals surface area contributed by atoms with Crippen molar-refractivity contribution in [3.63, 3.8) is 0 Å². The van der Waals surface area contributed by atoms with Gasteiger partial charge in [-0.15, -0.1) is 0 Å². The quantitative estimate of drug-likeness (QED) is 0.818. The molecule has 0 saturated carbocycles. The van der Waals surface area contributed by atoms with Crippen molar-refractivity contribution in [3.05, 3.63) is 58.9 Å². The summed E-state index contributed by atoms with van der Waals surface area (Å²) < 4.78 is 18.8. The lowest BCUT2D eigenvalue weighted by Gasteiger charge is -2.18. The lowest BCUT2D eigenvalue weighted by Crippen LogP contribution is -2.22. The molecule has 0 unspecified atom stereocenters. The highest BCUT2D eigenvalue weighted by molar-refractivity contribution is 6.30. The first-order valence-electron chi connectivity index (χ1n) is 8.67. The summed E-state index contributed by atoms with van der Waals surface area (Å²) in [4.78, 5) is 14.4. The molecule has 1 heterocycles. The number of aryl methyl sites for hydroxylation is 1. The number of benzene rings is 2. The molecular weight excluding hydrogens is 355 g/mol. The molecule has 3 rings (SSSR count). The van der Waals surface area contributed by atoms with Gasteiger partial charge in [0, 0.05) is 38.0 Å². The van der Waals surface area contributed by atoms with Crippen molar-refractivity contribution in [1.29, 1.82) is 0 Å². The number of carbonyl (C=O) groups excluding carboxylic acids is 1. The van der Waals surface area contributed by atoms with E-state index in [0.29, 0.717) is 6.42 Å². The van der Waals surface area contributed by atoms with Crippen LogP contribution in [0.5, 0.6) is 0 Å². The molecule has 0 aliphatic carbocycles. The van der Waals surface area contributed by atoms with E-state index in [9.17, 15) is 9.18 Å². The molecule has 1 aliphatic heterocycles. The monoisotopic (exact) mass is 376 g/mol. The molecule has 0 radical (unpaired) electrons. The smallest absolute Gasteiger partial charge is 0.224 e. The SMILES string of the molecule is CO[C@@H]1CCN(c2ccc(NC(=O)CCc3ccc(Cl)c(F)c3)cc2)C1. The van der Waals surface area contributed by atoms with Crippen LogP contribution in [0.25, 0.3) is 0 Å². The summed E-state index contributed by atoms with van der Waals surface area (Å²) in [5.74, 6) is -0.563. The maximum absolute atomic E-state index is 13.4. The third-order valence-corrected chi connectivity index (χ3v) is 4.93. The van der Waals surface area contributed by atoms with E-state index in [1.54, 1.807) is 13.2 Å². The zero-order chi connectivity index (χ0) is 18.5. The van der Waals surface area contributed by atoms with E-state index in [1.165, 1.54) is 12.1 Å². The molecule has 138 valence electrons. The summed E-state index contributed by atoms with van der Waals surface area (Å²) >= 11 is 5.66. The molecule has 2 aromatic rings. The summed E-state index contributed by atoms with van der Waals surface area (Å²) in [6.07, 6.45) is 2.06. The number of halogens is 2. The van der Waals surface area contributed by atoms with Gasteiger partial charge < -0.3 is 15.0 Å². The van der Waals surface area contributed by atoms with Crippen LogP contribution >= 0.6 is 11.6 Å². The minimum Gasteiger partial charge on any atom is -0.380 e. The molecule has 1 saturated heterocycles. The number of ether oxygens (including phenoxy) is 1. The van der Waals surface area contributed by atoms with Crippen LogP contribution in [0.3, 0.4) is 0 Å². The van der Waals surface area contributed by atoms with Crippen LogP contribution in [0, 0.1) is 5.82 Å². The van der Waals surface area contributed by atoms with Gasteiger partial charge in [0.25, 0.3) is 0 Å². The Hall–Kier alpha value is -2.11. The number of hydrogen-bond acceptors (Lipinski definition) is 3. The molecule has 4 nitrogen and oxygen atoms in total. The van der Waals surface area contributed by atoms with Crippen molar-refractivity contribution >= 4 is 28.9 Å². The summed E-state index contributed by atoms with van der Waals surface area (Å²) in [6, 6.07) is 12.4. The van der Waals surface area contributed by atoms with Crippen molar-refractivity contribution in [3.8, 4) is 0 Å². The number of amides is 1. The maximum Gasteiger partial charge on any atom is 0.224 e. The van der Waals surface area contributed by atoms with Gasteiger partial charge in [0.05, 0.1) is 11.1 Å². The Kier molecular flexibility index (Phi) is 6.12. The van der Waals surface area contributed by atoms with Gasteiger partial charge in [-0.2, -0.15) is 0 Å². The fourth-order valence-electron chi connectivity index (χ4n) is 3.09. The standard InChI is InChI=1S/C20H22ClFN2O2/c1-26-17-10-11-24(13-17)16-6-4-15(5-7-16)23-20(25)9-3-14-2-8-18(21)19(22)12-14/h2,4-8,12,17H,3,9-11,13H2,1H3,(H,23,25)/t17-/m1/s1. The lowest BCUT2D eigenvalue weighted by molar-refractivity contribution is -0.116. The highest BCUT2D eigenvalue weighted by Gasteiger charge is 2.22. The zero-order valence-electron chi connectivity index (χ0n) is 14.7. The number of rotatable bonds is 6. The van der Waals surface area contributed by atoms with E-state index < -0.39 is 5.82 Å². The van der Waals surface area contributed by atoms with Crippen LogP contribution in [-0.4, -0.2) is 32.2 Å². The summed E-state index contributed by atoms with van der Waals surface area (Å²) in [5.41, 5.74) is 2.63. The number of carbonyl (C=O) groups is 1. The Labute approximate surface area is 157 Å². The van der Waals surface area contributed by atoms with Gasteiger partial charge in [-0.25, -0.2) is 4.39 Å². The number of methoxy groups -OCH3 is 1. The van der Waals surface area contributed by atoms with Crippen LogP contribution in [0.4, 0.5) is 15.8 Å². The van der Waals surface area contributed by atoms with Crippen molar-refractivity contribution in [2.45, 2.75) is 25.4 Å². The predicted octanol–water partition coefficient (Wildman–Crippen LogP) is 4.28. The van der Waals surface area contributed by atoms with E-state index in [1.807, 2.05) is 24.3 Å². The molecule has 0 aromatic heterocycles. The number of nitrogens with zero attached hydrogens (tertiary/aromatic N) is 1. The number of nitrogens with one attached hydrogen (secondary N) is 1. The normalized spacial score (nSPS) is 16.7. The van der Waals surface area contributed by atoms with E-state index in [4.69, 9.17) is 16.3 Å². The van der Waals surface area contributed by atoms with E-state index in [0.717, 1.165) is 36.4 Å². The fraction of sp³-hybridized carbons (Fsp3) is 0.350. The number of anilines is 2. The van der Waals surface area contributed by atoms with Crippen molar-refractivity contribution in [2.24, 2.45) is 0 Å². The van der Waals surface area contributed by atoms with Crippen LogP contribution < -0.4 is 10.2 Å². The summed E-state index contributed by atoms with van der Waals surface area (Å²) in [6.45, 7) is 1.86. The molecule has 1 amide bonds. The molecule has 1 aliphatic rings. The Balaban J connectivity index is 1.50. The third kappa shape index (κ3) is 4.74. The minimum atomic E-state index is -0.460. The molecule has 26 heavy (non-hydrogen) atoms. The van der Waals surface area contributed by atoms with Gasteiger partial charge in [0.1, 0.15) is 5.82 Å². The van der Waals surface area contributed by atoms with Crippen LogP contribution in [0.2, 0.25) is 5.02 Å². The molecule has 1 fully saturated rings. The third-order valence-electron chi connectivity index (χ3n) is 4.62. The maximum atomic E-state index is 13.4. The summed E-state index contributed by atoms with van der Waals surface area (Å²) in [7, 11) is 1.74. The molecule has 2 aromatic carbocycles. The first-order valence-corrected chi connectivity index (χ1v) is 9.04. The molecule has 0 bridgehead atoms. The topological polar surface area (TPSA) is 41.6 Å². The first-order chi connectivity index (χ1) is 12.5.